The number of aromatic nitrogens is 1. The van der Waals surface area contributed by atoms with Gasteiger partial charge in [0.15, 0.2) is 0 Å². The minimum atomic E-state index is 0.0663. The summed E-state index contributed by atoms with van der Waals surface area (Å²) in [6.07, 6.45) is 2.78. The van der Waals surface area contributed by atoms with Crippen molar-refractivity contribution in [1.82, 2.24) is 9.88 Å². The molecule has 3 aromatic carbocycles. The lowest BCUT2D eigenvalue weighted by atomic mass is 9.97. The molecule has 1 aliphatic heterocycles. The van der Waals surface area contributed by atoms with E-state index in [-0.39, 0.29) is 11.8 Å². The van der Waals surface area contributed by atoms with Crippen LogP contribution in [-0.2, 0) is 11.2 Å². The van der Waals surface area contributed by atoms with Crippen LogP contribution in [-0.4, -0.2) is 42.1 Å². The second-order valence-corrected chi connectivity index (χ2v) is 8.34. The Morgan fingerprint density at radius 1 is 0.969 bits per heavy atom. The highest BCUT2D eigenvalue weighted by molar-refractivity contribution is 6.01. The standard InChI is InChI=1S/C28H26N2O2/c31-28(26-12-6-5-11-25(26)23-8-2-1-3-9-23)30-14-15-32-20-22(19-30)16-21-17-24-10-4-7-13-27(24)29-18-21/h1-13,17-18,22H,14-16,19-20H2. The minimum Gasteiger partial charge on any atom is -0.379 e. The van der Waals surface area contributed by atoms with E-state index < -0.39 is 0 Å². The summed E-state index contributed by atoms with van der Waals surface area (Å²) in [5.41, 5.74) is 4.95. The van der Waals surface area contributed by atoms with E-state index >= 15 is 0 Å². The van der Waals surface area contributed by atoms with Gasteiger partial charge in [-0.1, -0.05) is 66.7 Å². The molecule has 0 N–H and O–H groups in total. The highest BCUT2D eigenvalue weighted by Crippen LogP contribution is 2.26. The molecule has 1 aromatic heterocycles. The molecule has 160 valence electrons. The number of pyridine rings is 1. The van der Waals surface area contributed by atoms with E-state index in [2.05, 4.69) is 17.1 Å². The predicted octanol–water partition coefficient (Wildman–Crippen LogP) is 5.23. The molecule has 1 unspecified atom stereocenters. The summed E-state index contributed by atoms with van der Waals surface area (Å²) in [7, 11) is 0. The zero-order valence-corrected chi connectivity index (χ0v) is 18.0. The van der Waals surface area contributed by atoms with Crippen LogP contribution in [0.25, 0.3) is 22.0 Å². The Balaban J connectivity index is 1.37. The number of carbonyl (C=O) groups excluding carboxylic acids is 1. The van der Waals surface area contributed by atoms with Crippen LogP contribution in [0.15, 0.2) is 91.1 Å². The van der Waals surface area contributed by atoms with Crippen LogP contribution in [0.3, 0.4) is 0 Å². The van der Waals surface area contributed by atoms with Crippen LogP contribution in [0.2, 0.25) is 0 Å². The van der Waals surface area contributed by atoms with E-state index in [9.17, 15) is 4.79 Å². The molecule has 0 radical (unpaired) electrons. The summed E-state index contributed by atoms with van der Waals surface area (Å²) in [5.74, 6) is 0.296. The monoisotopic (exact) mass is 422 g/mol. The third-order valence-electron chi connectivity index (χ3n) is 6.04. The van der Waals surface area contributed by atoms with Crippen molar-refractivity contribution < 1.29 is 9.53 Å². The Morgan fingerprint density at radius 2 is 1.75 bits per heavy atom. The molecule has 0 saturated carbocycles. The van der Waals surface area contributed by atoms with Gasteiger partial charge in [0, 0.05) is 36.2 Å². The Kier molecular flexibility index (Phi) is 5.95. The van der Waals surface area contributed by atoms with E-state index in [1.807, 2.05) is 83.9 Å². The number of hydrogen-bond donors (Lipinski definition) is 0. The maximum Gasteiger partial charge on any atom is 0.254 e. The van der Waals surface area contributed by atoms with Crippen molar-refractivity contribution in [2.24, 2.45) is 5.92 Å². The lowest BCUT2D eigenvalue weighted by Crippen LogP contribution is -2.36. The molecular weight excluding hydrogens is 396 g/mol. The Labute approximate surface area is 188 Å². The van der Waals surface area contributed by atoms with Gasteiger partial charge in [-0.2, -0.15) is 0 Å². The average Bonchev–Trinajstić information content (AvgIpc) is 3.09. The number of carbonyl (C=O) groups is 1. The molecule has 1 saturated heterocycles. The molecule has 4 nitrogen and oxygen atoms in total. The summed E-state index contributed by atoms with van der Waals surface area (Å²) in [4.78, 5) is 20.1. The minimum absolute atomic E-state index is 0.0663. The van der Waals surface area contributed by atoms with Crippen molar-refractivity contribution in [3.8, 4) is 11.1 Å². The number of amides is 1. The Morgan fingerprint density at radius 3 is 2.66 bits per heavy atom. The Hall–Kier alpha value is -3.50. The molecule has 4 heteroatoms. The van der Waals surface area contributed by atoms with Crippen LogP contribution < -0.4 is 0 Å². The second-order valence-electron chi connectivity index (χ2n) is 8.34. The van der Waals surface area contributed by atoms with Gasteiger partial charge in [-0.15, -0.1) is 0 Å². The van der Waals surface area contributed by atoms with E-state index in [0.29, 0.717) is 26.3 Å². The molecule has 1 atom stereocenters. The molecule has 4 aromatic rings. The molecule has 2 heterocycles. The highest BCUT2D eigenvalue weighted by Gasteiger charge is 2.25. The zero-order valence-electron chi connectivity index (χ0n) is 18.0. The second kappa shape index (κ2) is 9.33. The number of fused-ring (bicyclic) bond motifs is 1. The van der Waals surface area contributed by atoms with Crippen molar-refractivity contribution in [1.29, 1.82) is 0 Å². The molecule has 32 heavy (non-hydrogen) atoms. The number of nitrogens with zero attached hydrogens (tertiary/aromatic N) is 2. The molecule has 1 aliphatic rings. The SMILES string of the molecule is O=C(c1ccccc1-c1ccccc1)N1CCOCC(Cc2cnc3ccccc3c2)C1. The van der Waals surface area contributed by atoms with Crippen molar-refractivity contribution >= 4 is 16.8 Å². The molecule has 5 rings (SSSR count). The molecule has 0 bridgehead atoms. The molecule has 0 spiro atoms. The van der Waals surface area contributed by atoms with Crippen LogP contribution in [0, 0.1) is 5.92 Å². The first-order chi connectivity index (χ1) is 15.8. The van der Waals surface area contributed by atoms with Crippen LogP contribution in [0.4, 0.5) is 0 Å². The average molecular weight is 423 g/mol. The fourth-order valence-corrected chi connectivity index (χ4v) is 4.46. The lowest BCUT2D eigenvalue weighted by molar-refractivity contribution is 0.0738. The quantitative estimate of drug-likeness (QED) is 0.452. The summed E-state index contributed by atoms with van der Waals surface area (Å²) in [6.45, 7) is 2.49. The first kappa shape index (κ1) is 20.4. The van der Waals surface area contributed by atoms with Gasteiger partial charge in [-0.25, -0.2) is 0 Å². The van der Waals surface area contributed by atoms with Gasteiger partial charge >= 0.3 is 0 Å². The van der Waals surface area contributed by atoms with Gasteiger partial charge in [0.05, 0.1) is 18.7 Å². The van der Waals surface area contributed by atoms with Crippen molar-refractivity contribution in [2.45, 2.75) is 6.42 Å². The molecular formula is C28H26N2O2. The van der Waals surface area contributed by atoms with Gasteiger partial charge in [0.1, 0.15) is 0 Å². The number of benzene rings is 3. The number of ether oxygens (including phenoxy) is 1. The summed E-state index contributed by atoms with van der Waals surface area (Å²) in [5, 5.41) is 1.14. The topological polar surface area (TPSA) is 42.4 Å². The Bertz CT molecular complexity index is 1220. The van der Waals surface area contributed by atoms with E-state index in [1.54, 1.807) is 0 Å². The maximum atomic E-state index is 13.6. The van der Waals surface area contributed by atoms with E-state index in [0.717, 1.165) is 34.0 Å². The van der Waals surface area contributed by atoms with Gasteiger partial charge in [0.2, 0.25) is 0 Å². The lowest BCUT2D eigenvalue weighted by Gasteiger charge is -2.25. The number of hydrogen-bond acceptors (Lipinski definition) is 3. The van der Waals surface area contributed by atoms with E-state index in [4.69, 9.17) is 4.74 Å². The fourth-order valence-electron chi connectivity index (χ4n) is 4.46. The van der Waals surface area contributed by atoms with Crippen LogP contribution >= 0.6 is 0 Å². The van der Waals surface area contributed by atoms with Gasteiger partial charge in [0.25, 0.3) is 5.91 Å². The largest absolute Gasteiger partial charge is 0.379 e. The summed E-state index contributed by atoms with van der Waals surface area (Å²) in [6, 6.07) is 28.3. The van der Waals surface area contributed by atoms with Crippen molar-refractivity contribution in [3.05, 3.63) is 102 Å². The van der Waals surface area contributed by atoms with Crippen LogP contribution in [0.5, 0.6) is 0 Å². The maximum absolute atomic E-state index is 13.6. The van der Waals surface area contributed by atoms with Crippen molar-refractivity contribution in [2.75, 3.05) is 26.3 Å². The summed E-state index contributed by atoms with van der Waals surface area (Å²) >= 11 is 0. The third kappa shape index (κ3) is 4.41. The van der Waals surface area contributed by atoms with Crippen LogP contribution in [0.1, 0.15) is 15.9 Å². The summed E-state index contributed by atoms with van der Waals surface area (Å²) < 4.78 is 5.88. The van der Waals surface area contributed by atoms with Crippen molar-refractivity contribution in [3.63, 3.8) is 0 Å². The zero-order chi connectivity index (χ0) is 21.8. The molecule has 0 aliphatic carbocycles. The number of rotatable bonds is 4. The number of para-hydroxylation sites is 1. The predicted molar refractivity (Wildman–Crippen MR) is 128 cm³/mol. The fraction of sp³-hybridized carbons (Fsp3) is 0.214. The van der Waals surface area contributed by atoms with Gasteiger partial charge < -0.3 is 9.64 Å². The normalized spacial score (nSPS) is 16.6. The smallest absolute Gasteiger partial charge is 0.254 e. The highest BCUT2D eigenvalue weighted by atomic mass is 16.5. The first-order valence-electron chi connectivity index (χ1n) is 11.1. The van der Waals surface area contributed by atoms with Gasteiger partial charge in [-0.3, -0.25) is 9.78 Å². The van der Waals surface area contributed by atoms with E-state index in [1.165, 1.54) is 5.56 Å². The van der Waals surface area contributed by atoms with Gasteiger partial charge in [-0.05, 0) is 41.3 Å². The third-order valence-corrected chi connectivity index (χ3v) is 6.04. The molecule has 1 fully saturated rings. The first-order valence-corrected chi connectivity index (χ1v) is 11.1. The molecule has 1 amide bonds.